The van der Waals surface area contributed by atoms with E-state index >= 15 is 0 Å². The Morgan fingerprint density at radius 1 is 1.03 bits per heavy atom. The summed E-state index contributed by atoms with van der Waals surface area (Å²) >= 11 is 1.30. The van der Waals surface area contributed by atoms with Crippen LogP contribution in [0.25, 0.3) is 6.08 Å². The second-order valence-corrected chi connectivity index (χ2v) is 9.43. The first-order valence-electron chi connectivity index (χ1n) is 11.4. The molecule has 1 atom stereocenters. The number of hydrogen-bond acceptors (Lipinski definition) is 6. The molecule has 0 saturated carbocycles. The lowest BCUT2D eigenvalue weighted by molar-refractivity contribution is -0.113. The van der Waals surface area contributed by atoms with E-state index < -0.39 is 6.04 Å². The molecule has 0 spiro atoms. The third-order valence-corrected chi connectivity index (χ3v) is 7.09. The van der Waals surface area contributed by atoms with E-state index in [9.17, 15) is 9.59 Å². The van der Waals surface area contributed by atoms with Crippen LogP contribution in [0.1, 0.15) is 24.1 Å². The molecule has 3 heterocycles. The molecular weight excluding hydrogens is 474 g/mol. The van der Waals surface area contributed by atoms with Gasteiger partial charge in [-0.1, -0.05) is 65.9 Å². The number of hydrogen-bond donors (Lipinski definition) is 1. The molecular formula is C28H21N3O4S. The van der Waals surface area contributed by atoms with Crippen molar-refractivity contribution in [2.45, 2.75) is 13.0 Å². The van der Waals surface area contributed by atoms with E-state index in [1.807, 2.05) is 91.9 Å². The van der Waals surface area contributed by atoms with Crippen LogP contribution in [-0.2, 0) is 4.79 Å². The molecule has 0 saturated heterocycles. The number of carbonyl (C=O) groups is 1. The van der Waals surface area contributed by atoms with E-state index in [0.29, 0.717) is 37.8 Å². The number of rotatable bonds is 4. The maximum atomic E-state index is 13.7. The fourth-order valence-corrected chi connectivity index (χ4v) is 5.48. The van der Waals surface area contributed by atoms with Crippen LogP contribution in [-0.4, -0.2) is 17.3 Å². The van der Waals surface area contributed by atoms with Crippen molar-refractivity contribution in [2.75, 3.05) is 12.1 Å². The fourth-order valence-electron chi connectivity index (χ4n) is 4.44. The highest BCUT2D eigenvalue weighted by Gasteiger charge is 2.32. The molecule has 0 unspecified atom stereocenters. The number of allylic oxidation sites excluding steroid dienone is 1. The minimum absolute atomic E-state index is 0.186. The highest BCUT2D eigenvalue weighted by molar-refractivity contribution is 7.07. The molecule has 2 aliphatic heterocycles. The molecule has 1 N–H and O–H groups in total. The van der Waals surface area contributed by atoms with Gasteiger partial charge in [-0.25, -0.2) is 4.99 Å². The van der Waals surface area contributed by atoms with Crippen molar-refractivity contribution in [3.8, 4) is 11.5 Å². The van der Waals surface area contributed by atoms with Crippen LogP contribution in [0.2, 0.25) is 0 Å². The van der Waals surface area contributed by atoms with Gasteiger partial charge in [-0.05, 0) is 48.4 Å². The van der Waals surface area contributed by atoms with Crippen LogP contribution in [0.15, 0.2) is 99.9 Å². The van der Waals surface area contributed by atoms with Gasteiger partial charge >= 0.3 is 0 Å². The monoisotopic (exact) mass is 495 g/mol. The van der Waals surface area contributed by atoms with Crippen molar-refractivity contribution in [2.24, 2.45) is 4.99 Å². The van der Waals surface area contributed by atoms with E-state index in [1.54, 1.807) is 4.57 Å². The Balaban J connectivity index is 1.48. The lowest BCUT2D eigenvalue weighted by Gasteiger charge is -2.25. The molecule has 0 bridgehead atoms. The van der Waals surface area contributed by atoms with Crippen molar-refractivity contribution < 1.29 is 14.3 Å². The minimum atomic E-state index is -0.606. The number of thiazole rings is 1. The van der Waals surface area contributed by atoms with Gasteiger partial charge in [0.1, 0.15) is 0 Å². The van der Waals surface area contributed by atoms with Crippen LogP contribution in [0, 0.1) is 0 Å². The van der Waals surface area contributed by atoms with Gasteiger partial charge in [0.25, 0.3) is 11.5 Å². The summed E-state index contributed by atoms with van der Waals surface area (Å²) in [5.41, 5.74) is 3.14. The lowest BCUT2D eigenvalue weighted by Crippen LogP contribution is -2.40. The number of aromatic nitrogens is 1. The normalized spacial score (nSPS) is 16.5. The predicted molar refractivity (Wildman–Crippen MR) is 138 cm³/mol. The Morgan fingerprint density at radius 3 is 2.53 bits per heavy atom. The number of carbonyl (C=O) groups excluding carboxylic acids is 1. The van der Waals surface area contributed by atoms with Crippen molar-refractivity contribution in [1.29, 1.82) is 0 Å². The van der Waals surface area contributed by atoms with Crippen LogP contribution < -0.4 is 29.7 Å². The Labute approximate surface area is 210 Å². The van der Waals surface area contributed by atoms with Gasteiger partial charge in [-0.2, -0.15) is 0 Å². The number of para-hydroxylation sites is 1. The molecule has 8 heteroatoms. The Bertz CT molecular complexity index is 1690. The lowest BCUT2D eigenvalue weighted by atomic mass is 9.95. The van der Waals surface area contributed by atoms with Gasteiger partial charge in [0.05, 0.1) is 21.8 Å². The molecule has 1 amide bonds. The second-order valence-electron chi connectivity index (χ2n) is 8.43. The largest absolute Gasteiger partial charge is 0.454 e. The average Bonchev–Trinajstić information content (AvgIpc) is 3.48. The number of ether oxygens (including phenoxy) is 2. The molecule has 7 nitrogen and oxygen atoms in total. The Hall–Kier alpha value is -4.43. The quantitative estimate of drug-likeness (QED) is 0.469. The number of amides is 1. The van der Waals surface area contributed by atoms with Crippen LogP contribution in [0.3, 0.4) is 0 Å². The van der Waals surface area contributed by atoms with Crippen molar-refractivity contribution in [1.82, 2.24) is 4.57 Å². The zero-order chi connectivity index (χ0) is 24.6. The number of nitrogens with zero attached hydrogens (tertiary/aromatic N) is 2. The summed E-state index contributed by atoms with van der Waals surface area (Å²) in [6.45, 7) is 2.00. The van der Waals surface area contributed by atoms with E-state index in [1.165, 1.54) is 11.3 Å². The van der Waals surface area contributed by atoms with Gasteiger partial charge in [-0.15, -0.1) is 0 Å². The zero-order valence-corrected chi connectivity index (χ0v) is 20.1. The SMILES string of the molecule is CC1=C(C(=O)Nc2ccccc2)[C@@H](c2ccccc2)n2c(s/c(=C\c3ccc4c(c3)OCO4)c2=O)=N1. The van der Waals surface area contributed by atoms with Gasteiger partial charge in [-0.3, -0.25) is 14.2 Å². The topological polar surface area (TPSA) is 81.9 Å². The number of nitrogens with one attached hydrogen (secondary N) is 1. The summed E-state index contributed by atoms with van der Waals surface area (Å²) in [6, 6.07) is 23.8. The summed E-state index contributed by atoms with van der Waals surface area (Å²) in [5, 5.41) is 2.96. The third kappa shape index (κ3) is 3.91. The number of anilines is 1. The Morgan fingerprint density at radius 2 is 1.75 bits per heavy atom. The summed E-state index contributed by atoms with van der Waals surface area (Å²) in [7, 11) is 0. The summed E-state index contributed by atoms with van der Waals surface area (Å²) < 4.78 is 13.0. The predicted octanol–water partition coefficient (Wildman–Crippen LogP) is 3.60. The van der Waals surface area contributed by atoms with E-state index in [0.717, 1.165) is 11.1 Å². The molecule has 4 aromatic rings. The molecule has 178 valence electrons. The molecule has 3 aromatic carbocycles. The highest BCUT2D eigenvalue weighted by Crippen LogP contribution is 2.33. The molecule has 2 aliphatic rings. The summed E-state index contributed by atoms with van der Waals surface area (Å²) in [4.78, 5) is 32.5. The summed E-state index contributed by atoms with van der Waals surface area (Å²) in [5.74, 6) is 1.04. The first-order chi connectivity index (χ1) is 17.6. The van der Waals surface area contributed by atoms with Crippen molar-refractivity contribution >= 4 is 29.0 Å². The van der Waals surface area contributed by atoms with E-state index in [-0.39, 0.29) is 18.3 Å². The fraction of sp³-hybridized carbons (Fsp3) is 0.107. The van der Waals surface area contributed by atoms with E-state index in [4.69, 9.17) is 9.47 Å². The second kappa shape index (κ2) is 8.98. The standard InChI is InChI=1S/C28H21N3O4S/c1-17-24(26(32)30-20-10-6-3-7-11-20)25(19-8-4-2-5-9-19)31-27(33)23(36-28(31)29-17)15-18-12-13-21-22(14-18)35-16-34-21/h2-15,25H,16H2,1H3,(H,30,32)/b23-15-/t25-/m1/s1. The maximum absolute atomic E-state index is 13.7. The third-order valence-electron chi connectivity index (χ3n) is 6.11. The molecule has 0 fully saturated rings. The van der Waals surface area contributed by atoms with Crippen LogP contribution >= 0.6 is 11.3 Å². The van der Waals surface area contributed by atoms with Gasteiger partial charge in [0.2, 0.25) is 6.79 Å². The minimum Gasteiger partial charge on any atom is -0.454 e. The maximum Gasteiger partial charge on any atom is 0.271 e. The van der Waals surface area contributed by atoms with Gasteiger partial charge in [0, 0.05) is 5.69 Å². The smallest absolute Gasteiger partial charge is 0.271 e. The summed E-state index contributed by atoms with van der Waals surface area (Å²) in [6.07, 6.45) is 1.82. The highest BCUT2D eigenvalue weighted by atomic mass is 32.1. The molecule has 36 heavy (non-hydrogen) atoms. The van der Waals surface area contributed by atoms with E-state index in [2.05, 4.69) is 10.3 Å². The number of benzene rings is 3. The van der Waals surface area contributed by atoms with Crippen molar-refractivity contribution in [3.05, 3.63) is 121 Å². The first kappa shape index (κ1) is 22.1. The molecule has 0 aliphatic carbocycles. The van der Waals surface area contributed by atoms with Gasteiger partial charge in [0.15, 0.2) is 16.3 Å². The zero-order valence-electron chi connectivity index (χ0n) is 19.3. The number of fused-ring (bicyclic) bond motifs is 2. The molecule has 6 rings (SSSR count). The first-order valence-corrected chi connectivity index (χ1v) is 12.2. The van der Waals surface area contributed by atoms with Crippen molar-refractivity contribution in [3.63, 3.8) is 0 Å². The van der Waals surface area contributed by atoms with Crippen LogP contribution in [0.4, 0.5) is 5.69 Å². The average molecular weight is 496 g/mol. The molecule has 1 aromatic heterocycles. The van der Waals surface area contributed by atoms with Crippen LogP contribution in [0.5, 0.6) is 11.5 Å². The Kier molecular flexibility index (Phi) is 5.50. The van der Waals surface area contributed by atoms with Gasteiger partial charge < -0.3 is 14.8 Å². The molecule has 0 radical (unpaired) electrons.